The quantitative estimate of drug-likeness (QED) is 0.479. The van der Waals surface area contributed by atoms with Gasteiger partial charge in [-0.05, 0) is 35.5 Å². The Morgan fingerprint density at radius 1 is 1.23 bits per heavy atom. The van der Waals surface area contributed by atoms with Crippen LogP contribution in [0.25, 0.3) is 0 Å². The lowest BCUT2D eigenvalue weighted by Gasteiger charge is -2.38. The van der Waals surface area contributed by atoms with Gasteiger partial charge in [0.05, 0.1) is 6.04 Å². The number of hydrogen-bond acceptors (Lipinski definition) is 4. The van der Waals surface area contributed by atoms with Crippen LogP contribution in [0.2, 0.25) is 0 Å². The predicted molar refractivity (Wildman–Crippen MR) is 120 cm³/mol. The smallest absolute Gasteiger partial charge is 0.356 e. The standard InChI is InChI=1S/C24H33F3N4O4/c1-7-13(10-12-8-9-28-18(12)32)29-19(33)16-15-14(23(15,5)6)11-31(16)20(34)17(22(2,3)4)30-21(35)24(25,26)27/h1,12-17H,8-11H2,2-6H3,(H,28,32)(H,29,33)(H,30,35)/t12-,13+,14-,15-,16-,17+/m0/s1. The molecule has 11 heteroatoms. The maximum atomic E-state index is 13.5. The van der Waals surface area contributed by atoms with Crippen LogP contribution >= 0.6 is 0 Å². The highest BCUT2D eigenvalue weighted by Gasteiger charge is 2.70. The van der Waals surface area contributed by atoms with E-state index in [9.17, 15) is 32.3 Å². The number of terminal acetylenes is 1. The molecule has 1 aliphatic carbocycles. The van der Waals surface area contributed by atoms with E-state index in [0.29, 0.717) is 13.0 Å². The first-order chi connectivity index (χ1) is 16.0. The number of rotatable bonds is 6. The molecule has 0 radical (unpaired) electrons. The van der Waals surface area contributed by atoms with Crippen molar-refractivity contribution in [2.45, 2.75) is 71.8 Å². The van der Waals surface area contributed by atoms with Crippen molar-refractivity contribution in [1.82, 2.24) is 20.9 Å². The van der Waals surface area contributed by atoms with Gasteiger partial charge in [-0.2, -0.15) is 13.2 Å². The molecule has 3 N–H and O–H groups in total. The molecule has 0 aromatic carbocycles. The molecule has 2 aliphatic heterocycles. The molecule has 6 atom stereocenters. The highest BCUT2D eigenvalue weighted by molar-refractivity contribution is 5.95. The highest BCUT2D eigenvalue weighted by atomic mass is 19.4. The fourth-order valence-corrected chi connectivity index (χ4v) is 5.42. The van der Waals surface area contributed by atoms with Gasteiger partial charge in [0.15, 0.2) is 0 Å². The van der Waals surface area contributed by atoms with Crippen LogP contribution in [0.3, 0.4) is 0 Å². The number of halogens is 3. The number of nitrogens with zero attached hydrogens (tertiary/aromatic N) is 1. The summed E-state index contributed by atoms with van der Waals surface area (Å²) in [4.78, 5) is 51.8. The summed E-state index contributed by atoms with van der Waals surface area (Å²) in [7, 11) is 0. The molecular weight excluding hydrogens is 465 g/mol. The maximum Gasteiger partial charge on any atom is 0.471 e. The summed E-state index contributed by atoms with van der Waals surface area (Å²) in [5, 5.41) is 7.31. The van der Waals surface area contributed by atoms with Gasteiger partial charge in [-0.15, -0.1) is 6.42 Å². The zero-order chi connectivity index (χ0) is 26.5. The summed E-state index contributed by atoms with van der Waals surface area (Å²) >= 11 is 0. The Bertz CT molecular complexity index is 950. The van der Waals surface area contributed by atoms with E-state index < -0.39 is 47.4 Å². The molecular formula is C24H33F3N4O4. The van der Waals surface area contributed by atoms with E-state index in [1.54, 1.807) is 20.8 Å². The van der Waals surface area contributed by atoms with Gasteiger partial charge >= 0.3 is 12.1 Å². The van der Waals surface area contributed by atoms with E-state index in [2.05, 4.69) is 16.6 Å². The zero-order valence-electron chi connectivity index (χ0n) is 20.6. The van der Waals surface area contributed by atoms with Crippen LogP contribution in [0, 0.1) is 40.9 Å². The van der Waals surface area contributed by atoms with E-state index >= 15 is 0 Å². The third-order valence-corrected chi connectivity index (χ3v) is 7.61. The summed E-state index contributed by atoms with van der Waals surface area (Å²) in [5.41, 5.74) is -1.28. The van der Waals surface area contributed by atoms with Gasteiger partial charge in [0, 0.05) is 19.0 Å². The Balaban J connectivity index is 1.81. The molecule has 2 heterocycles. The highest BCUT2D eigenvalue weighted by Crippen LogP contribution is 2.65. The summed E-state index contributed by atoms with van der Waals surface area (Å²) in [5.74, 6) is -1.63. The lowest BCUT2D eigenvalue weighted by atomic mass is 9.85. The van der Waals surface area contributed by atoms with Gasteiger partial charge in [0.2, 0.25) is 17.7 Å². The molecule has 3 aliphatic rings. The molecule has 3 rings (SSSR count). The minimum Gasteiger partial charge on any atom is -0.356 e. The van der Waals surface area contributed by atoms with Gasteiger partial charge < -0.3 is 20.9 Å². The number of amides is 4. The fourth-order valence-electron chi connectivity index (χ4n) is 5.42. The Morgan fingerprint density at radius 2 is 1.86 bits per heavy atom. The van der Waals surface area contributed by atoms with Crippen LogP contribution in [-0.2, 0) is 19.2 Å². The van der Waals surface area contributed by atoms with Crippen LogP contribution in [0.4, 0.5) is 13.2 Å². The molecule has 1 saturated carbocycles. The monoisotopic (exact) mass is 498 g/mol. The number of alkyl halides is 3. The van der Waals surface area contributed by atoms with Crippen LogP contribution in [-0.4, -0.2) is 65.9 Å². The first-order valence-corrected chi connectivity index (χ1v) is 11.7. The van der Waals surface area contributed by atoms with Crippen LogP contribution < -0.4 is 16.0 Å². The summed E-state index contributed by atoms with van der Waals surface area (Å²) in [6, 6.07) is -3.17. The van der Waals surface area contributed by atoms with Gasteiger partial charge in [0.25, 0.3) is 0 Å². The minimum absolute atomic E-state index is 0.00830. The topological polar surface area (TPSA) is 108 Å². The normalized spacial score (nSPS) is 28.9. The number of nitrogens with one attached hydrogen (secondary N) is 3. The van der Waals surface area contributed by atoms with Crippen molar-refractivity contribution >= 4 is 23.6 Å². The third kappa shape index (κ3) is 5.26. The molecule has 0 aromatic rings. The lowest BCUT2D eigenvalue weighted by molar-refractivity contribution is -0.176. The van der Waals surface area contributed by atoms with Gasteiger partial charge in [0.1, 0.15) is 12.1 Å². The molecule has 4 amide bonds. The number of hydrogen-bond donors (Lipinski definition) is 3. The first kappa shape index (κ1) is 26.8. The van der Waals surface area contributed by atoms with Crippen molar-refractivity contribution in [3.63, 3.8) is 0 Å². The Morgan fingerprint density at radius 3 is 2.34 bits per heavy atom. The molecule has 0 bridgehead atoms. The number of carbonyl (C=O) groups is 4. The Kier molecular flexibility index (Phi) is 6.92. The van der Waals surface area contributed by atoms with Crippen molar-refractivity contribution in [1.29, 1.82) is 0 Å². The van der Waals surface area contributed by atoms with Gasteiger partial charge in [-0.3, -0.25) is 19.2 Å². The molecule has 35 heavy (non-hydrogen) atoms. The fraction of sp³-hybridized carbons (Fsp3) is 0.750. The van der Waals surface area contributed by atoms with E-state index in [1.165, 1.54) is 4.90 Å². The molecule has 8 nitrogen and oxygen atoms in total. The van der Waals surface area contributed by atoms with Crippen LogP contribution in [0.15, 0.2) is 0 Å². The maximum absolute atomic E-state index is 13.5. The molecule has 2 saturated heterocycles. The predicted octanol–water partition coefficient (Wildman–Crippen LogP) is 1.21. The van der Waals surface area contributed by atoms with E-state index in [4.69, 9.17) is 6.42 Å². The molecule has 3 fully saturated rings. The molecule has 0 aromatic heterocycles. The van der Waals surface area contributed by atoms with Crippen molar-refractivity contribution < 1.29 is 32.3 Å². The minimum atomic E-state index is -5.15. The second-order valence-corrected chi connectivity index (χ2v) is 11.4. The van der Waals surface area contributed by atoms with E-state index in [-0.39, 0.29) is 42.0 Å². The summed E-state index contributed by atoms with van der Waals surface area (Å²) < 4.78 is 38.8. The average molecular weight is 499 g/mol. The zero-order valence-corrected chi connectivity index (χ0v) is 20.6. The lowest BCUT2D eigenvalue weighted by Crippen LogP contribution is -2.61. The third-order valence-electron chi connectivity index (χ3n) is 7.61. The van der Waals surface area contributed by atoms with E-state index in [0.717, 1.165) is 0 Å². The Hall–Kier alpha value is -2.77. The molecule has 0 unspecified atom stereocenters. The largest absolute Gasteiger partial charge is 0.471 e. The molecule has 194 valence electrons. The number of likely N-dealkylation sites (tertiary alicyclic amines) is 1. The van der Waals surface area contributed by atoms with Gasteiger partial charge in [-0.1, -0.05) is 40.5 Å². The van der Waals surface area contributed by atoms with Crippen LogP contribution in [0.5, 0.6) is 0 Å². The number of fused-ring (bicyclic) bond motifs is 1. The second-order valence-electron chi connectivity index (χ2n) is 11.4. The number of carbonyl (C=O) groups excluding carboxylic acids is 4. The van der Waals surface area contributed by atoms with Gasteiger partial charge in [-0.25, -0.2) is 0 Å². The average Bonchev–Trinajstić information content (AvgIpc) is 3.10. The number of piperidine rings is 1. The van der Waals surface area contributed by atoms with Crippen LogP contribution in [0.1, 0.15) is 47.5 Å². The second kappa shape index (κ2) is 9.03. The summed E-state index contributed by atoms with van der Waals surface area (Å²) in [6.07, 6.45) is 1.31. The van der Waals surface area contributed by atoms with Crippen molar-refractivity contribution in [3.8, 4) is 12.3 Å². The van der Waals surface area contributed by atoms with Crippen molar-refractivity contribution in [3.05, 3.63) is 0 Å². The SMILES string of the molecule is C#C[C@H](C[C@@H]1CCNC1=O)NC(=O)[C@@H]1[C@@H]2[C@H](CN1C(=O)[C@@H](NC(=O)C(F)(F)F)C(C)(C)C)C2(C)C. The summed E-state index contributed by atoms with van der Waals surface area (Å²) in [6.45, 7) is 9.30. The van der Waals surface area contributed by atoms with Crippen molar-refractivity contribution in [2.24, 2.45) is 28.6 Å². The first-order valence-electron chi connectivity index (χ1n) is 11.7. The Labute approximate surface area is 203 Å². The van der Waals surface area contributed by atoms with Crippen molar-refractivity contribution in [2.75, 3.05) is 13.1 Å². The molecule has 0 spiro atoms. The van der Waals surface area contributed by atoms with E-state index in [1.807, 2.05) is 19.2 Å².